The molecule has 0 radical (unpaired) electrons. The lowest BCUT2D eigenvalue weighted by Gasteiger charge is -2.23. The maximum atomic E-state index is 11.6. The standard InChI is InChI=1S/C12H20O2/c1-8(2)14-12(13)11-6-5-9(3)10(4)7-11/h8,11H,5-7H2,1-4H3/t11-/m1/s1. The molecule has 2 heteroatoms. The molecular formula is C12H20O2. The molecule has 1 rings (SSSR count). The fraction of sp³-hybridized carbons (Fsp3) is 0.750. The van der Waals surface area contributed by atoms with Crippen LogP contribution in [0.5, 0.6) is 0 Å². The van der Waals surface area contributed by atoms with E-state index in [1.807, 2.05) is 13.8 Å². The third-order valence-corrected chi connectivity index (χ3v) is 2.83. The van der Waals surface area contributed by atoms with Crippen LogP contribution in [0.2, 0.25) is 0 Å². The van der Waals surface area contributed by atoms with Crippen molar-refractivity contribution in [2.24, 2.45) is 5.92 Å². The smallest absolute Gasteiger partial charge is 0.309 e. The van der Waals surface area contributed by atoms with Crippen molar-refractivity contribution in [1.82, 2.24) is 0 Å². The lowest BCUT2D eigenvalue weighted by atomic mass is 9.85. The first-order valence-corrected chi connectivity index (χ1v) is 5.36. The molecule has 0 heterocycles. The van der Waals surface area contributed by atoms with Gasteiger partial charge in [0.1, 0.15) is 0 Å². The molecule has 0 spiro atoms. The zero-order chi connectivity index (χ0) is 10.7. The summed E-state index contributed by atoms with van der Waals surface area (Å²) in [5.74, 6) is 0.0768. The summed E-state index contributed by atoms with van der Waals surface area (Å²) in [6.07, 6.45) is 2.89. The normalized spacial score (nSPS) is 22.8. The summed E-state index contributed by atoms with van der Waals surface area (Å²) >= 11 is 0. The second kappa shape index (κ2) is 4.63. The van der Waals surface area contributed by atoms with Gasteiger partial charge in [-0.1, -0.05) is 11.1 Å². The van der Waals surface area contributed by atoms with Gasteiger partial charge in [-0.2, -0.15) is 0 Å². The molecule has 0 bridgehead atoms. The van der Waals surface area contributed by atoms with E-state index in [9.17, 15) is 4.79 Å². The molecule has 1 aliphatic rings. The van der Waals surface area contributed by atoms with E-state index in [1.165, 1.54) is 11.1 Å². The van der Waals surface area contributed by atoms with Crippen LogP contribution in [0.1, 0.15) is 47.0 Å². The summed E-state index contributed by atoms with van der Waals surface area (Å²) in [6.45, 7) is 8.06. The van der Waals surface area contributed by atoms with Gasteiger partial charge in [0.2, 0.25) is 0 Å². The van der Waals surface area contributed by atoms with Gasteiger partial charge in [-0.3, -0.25) is 4.79 Å². The molecule has 0 amide bonds. The number of esters is 1. The summed E-state index contributed by atoms with van der Waals surface area (Å²) < 4.78 is 5.21. The van der Waals surface area contributed by atoms with E-state index in [0.29, 0.717) is 0 Å². The van der Waals surface area contributed by atoms with Crippen molar-refractivity contribution in [2.45, 2.75) is 53.1 Å². The van der Waals surface area contributed by atoms with Crippen molar-refractivity contribution in [3.05, 3.63) is 11.1 Å². The second-order valence-corrected chi connectivity index (χ2v) is 4.49. The lowest BCUT2D eigenvalue weighted by Crippen LogP contribution is -2.23. The van der Waals surface area contributed by atoms with E-state index in [0.717, 1.165) is 19.3 Å². The monoisotopic (exact) mass is 196 g/mol. The zero-order valence-corrected chi connectivity index (χ0v) is 9.59. The molecule has 0 unspecified atom stereocenters. The molecule has 0 aromatic heterocycles. The van der Waals surface area contributed by atoms with Crippen molar-refractivity contribution in [2.75, 3.05) is 0 Å². The average Bonchev–Trinajstić information content (AvgIpc) is 2.08. The number of rotatable bonds is 2. The summed E-state index contributed by atoms with van der Waals surface area (Å²) in [5, 5.41) is 0. The van der Waals surface area contributed by atoms with Crippen LogP contribution in [-0.4, -0.2) is 12.1 Å². The van der Waals surface area contributed by atoms with Crippen LogP contribution in [0.4, 0.5) is 0 Å². The summed E-state index contributed by atoms with van der Waals surface area (Å²) in [6, 6.07) is 0. The van der Waals surface area contributed by atoms with Crippen molar-refractivity contribution in [1.29, 1.82) is 0 Å². The van der Waals surface area contributed by atoms with E-state index in [-0.39, 0.29) is 18.0 Å². The van der Waals surface area contributed by atoms with Crippen LogP contribution in [-0.2, 0) is 9.53 Å². The van der Waals surface area contributed by atoms with E-state index in [2.05, 4.69) is 13.8 Å². The minimum Gasteiger partial charge on any atom is -0.463 e. The molecule has 0 aromatic carbocycles. The highest BCUT2D eigenvalue weighted by atomic mass is 16.5. The third kappa shape index (κ3) is 2.86. The summed E-state index contributed by atoms with van der Waals surface area (Å²) in [5.41, 5.74) is 2.81. The molecule has 0 aliphatic heterocycles. The largest absolute Gasteiger partial charge is 0.463 e. The summed E-state index contributed by atoms with van der Waals surface area (Å²) in [7, 11) is 0. The van der Waals surface area contributed by atoms with Crippen molar-refractivity contribution < 1.29 is 9.53 Å². The molecule has 1 aliphatic carbocycles. The van der Waals surface area contributed by atoms with Crippen molar-refractivity contribution in [3.8, 4) is 0 Å². The first kappa shape index (κ1) is 11.3. The third-order valence-electron chi connectivity index (χ3n) is 2.83. The fourth-order valence-corrected chi connectivity index (χ4v) is 1.78. The Balaban J connectivity index is 2.53. The quantitative estimate of drug-likeness (QED) is 0.501. The Hall–Kier alpha value is -0.790. The van der Waals surface area contributed by atoms with Crippen LogP contribution >= 0.6 is 0 Å². The summed E-state index contributed by atoms with van der Waals surface area (Å²) in [4.78, 5) is 11.6. The van der Waals surface area contributed by atoms with Gasteiger partial charge in [-0.05, 0) is 47.0 Å². The van der Waals surface area contributed by atoms with E-state index >= 15 is 0 Å². The fourth-order valence-electron chi connectivity index (χ4n) is 1.78. The number of carbonyl (C=O) groups excluding carboxylic acids is 1. The van der Waals surface area contributed by atoms with E-state index < -0.39 is 0 Å². The number of ether oxygens (including phenoxy) is 1. The number of hydrogen-bond acceptors (Lipinski definition) is 2. The Labute approximate surface area is 86.3 Å². The van der Waals surface area contributed by atoms with Gasteiger partial charge in [0.15, 0.2) is 0 Å². The molecule has 2 nitrogen and oxygen atoms in total. The Morgan fingerprint density at radius 2 is 2.00 bits per heavy atom. The molecule has 0 fully saturated rings. The molecule has 0 saturated carbocycles. The first-order valence-electron chi connectivity index (χ1n) is 5.36. The van der Waals surface area contributed by atoms with Crippen LogP contribution in [0.25, 0.3) is 0 Å². The molecule has 1 atom stereocenters. The highest BCUT2D eigenvalue weighted by Gasteiger charge is 2.24. The minimum absolute atomic E-state index is 0.00908. The van der Waals surface area contributed by atoms with Crippen molar-refractivity contribution >= 4 is 5.97 Å². The topological polar surface area (TPSA) is 26.3 Å². The van der Waals surface area contributed by atoms with Gasteiger partial charge in [0.05, 0.1) is 12.0 Å². The predicted molar refractivity (Wildman–Crippen MR) is 56.9 cm³/mol. The van der Waals surface area contributed by atoms with Crippen LogP contribution in [0, 0.1) is 5.92 Å². The van der Waals surface area contributed by atoms with Crippen LogP contribution in [0.15, 0.2) is 11.1 Å². The van der Waals surface area contributed by atoms with E-state index in [1.54, 1.807) is 0 Å². The maximum Gasteiger partial charge on any atom is 0.309 e. The average molecular weight is 196 g/mol. The lowest BCUT2D eigenvalue weighted by molar-refractivity contribution is -0.152. The van der Waals surface area contributed by atoms with Crippen LogP contribution in [0.3, 0.4) is 0 Å². The maximum absolute atomic E-state index is 11.6. The van der Waals surface area contributed by atoms with E-state index in [4.69, 9.17) is 4.74 Å². The predicted octanol–water partition coefficient (Wildman–Crippen LogP) is 3.07. The second-order valence-electron chi connectivity index (χ2n) is 4.49. The van der Waals surface area contributed by atoms with Crippen LogP contribution < -0.4 is 0 Å². The van der Waals surface area contributed by atoms with Gasteiger partial charge in [-0.15, -0.1) is 0 Å². The van der Waals surface area contributed by atoms with Gasteiger partial charge < -0.3 is 4.74 Å². The Morgan fingerprint density at radius 3 is 2.50 bits per heavy atom. The molecule has 0 saturated heterocycles. The number of carbonyl (C=O) groups is 1. The Kier molecular flexibility index (Phi) is 3.73. The molecule has 0 aromatic rings. The highest BCUT2D eigenvalue weighted by molar-refractivity contribution is 5.73. The molecule has 80 valence electrons. The number of hydrogen-bond donors (Lipinski definition) is 0. The van der Waals surface area contributed by atoms with Gasteiger partial charge in [0.25, 0.3) is 0 Å². The Bertz CT molecular complexity index is 251. The highest BCUT2D eigenvalue weighted by Crippen LogP contribution is 2.29. The Morgan fingerprint density at radius 1 is 1.36 bits per heavy atom. The van der Waals surface area contributed by atoms with Gasteiger partial charge >= 0.3 is 5.97 Å². The minimum atomic E-state index is -0.0214. The first-order chi connectivity index (χ1) is 6.50. The van der Waals surface area contributed by atoms with Crippen molar-refractivity contribution in [3.63, 3.8) is 0 Å². The molecule has 14 heavy (non-hydrogen) atoms. The number of allylic oxidation sites excluding steroid dienone is 2. The zero-order valence-electron chi connectivity index (χ0n) is 9.59. The molecule has 0 N–H and O–H groups in total. The molecular weight excluding hydrogens is 176 g/mol. The SMILES string of the molecule is CC1=C(C)C[C@H](C(=O)OC(C)C)CC1. The van der Waals surface area contributed by atoms with Gasteiger partial charge in [0, 0.05) is 0 Å². The van der Waals surface area contributed by atoms with Gasteiger partial charge in [-0.25, -0.2) is 0 Å².